The second-order valence-electron chi connectivity index (χ2n) is 6.28. The van der Waals surface area contributed by atoms with Crippen molar-refractivity contribution >= 4 is 22.5 Å². The summed E-state index contributed by atoms with van der Waals surface area (Å²) in [6.45, 7) is 6.02. The molecule has 1 aromatic heterocycles. The SMILES string of the molecule is CC(C)c1cnc(NC(=O)N2CCO[C@H](Cc3ccccc3)C2)s1. The summed E-state index contributed by atoms with van der Waals surface area (Å²) < 4.78 is 5.81. The molecule has 0 unspecified atom stereocenters. The van der Waals surface area contributed by atoms with E-state index in [4.69, 9.17) is 4.74 Å². The molecule has 0 saturated carbocycles. The molecule has 5 nitrogen and oxygen atoms in total. The highest BCUT2D eigenvalue weighted by Crippen LogP contribution is 2.25. The summed E-state index contributed by atoms with van der Waals surface area (Å²) in [5, 5.41) is 3.57. The van der Waals surface area contributed by atoms with Gasteiger partial charge in [0.25, 0.3) is 0 Å². The molecule has 2 heterocycles. The van der Waals surface area contributed by atoms with Crippen molar-refractivity contribution in [3.8, 4) is 0 Å². The molecule has 2 aromatic rings. The van der Waals surface area contributed by atoms with Gasteiger partial charge in [0.15, 0.2) is 5.13 Å². The fraction of sp³-hybridized carbons (Fsp3) is 0.444. The van der Waals surface area contributed by atoms with Crippen molar-refractivity contribution in [1.29, 1.82) is 0 Å². The average molecular weight is 345 g/mol. The number of hydrogen-bond donors (Lipinski definition) is 1. The van der Waals surface area contributed by atoms with Gasteiger partial charge in [0.1, 0.15) is 0 Å². The number of ether oxygens (including phenoxy) is 1. The van der Waals surface area contributed by atoms with Crippen molar-refractivity contribution in [3.63, 3.8) is 0 Å². The third kappa shape index (κ3) is 4.33. The summed E-state index contributed by atoms with van der Waals surface area (Å²) in [7, 11) is 0. The number of urea groups is 1. The van der Waals surface area contributed by atoms with Crippen LogP contribution in [0.2, 0.25) is 0 Å². The maximum Gasteiger partial charge on any atom is 0.323 e. The van der Waals surface area contributed by atoms with E-state index in [-0.39, 0.29) is 12.1 Å². The zero-order chi connectivity index (χ0) is 16.9. The molecule has 6 heteroatoms. The van der Waals surface area contributed by atoms with E-state index in [9.17, 15) is 4.79 Å². The molecule has 1 aliphatic heterocycles. The zero-order valence-electron chi connectivity index (χ0n) is 14.1. The normalized spacial score (nSPS) is 18.0. The number of carbonyl (C=O) groups is 1. The van der Waals surface area contributed by atoms with Crippen molar-refractivity contribution in [1.82, 2.24) is 9.88 Å². The van der Waals surface area contributed by atoms with E-state index in [2.05, 4.69) is 36.3 Å². The number of thiazole rings is 1. The summed E-state index contributed by atoms with van der Waals surface area (Å²) in [6, 6.07) is 10.1. The molecule has 2 amide bonds. The highest BCUT2D eigenvalue weighted by Gasteiger charge is 2.25. The van der Waals surface area contributed by atoms with Crippen LogP contribution in [0.15, 0.2) is 36.5 Å². The molecule has 1 aromatic carbocycles. The van der Waals surface area contributed by atoms with E-state index < -0.39 is 0 Å². The Morgan fingerprint density at radius 2 is 2.21 bits per heavy atom. The molecule has 1 atom stereocenters. The molecule has 3 rings (SSSR count). The Labute approximate surface area is 146 Å². The number of amides is 2. The van der Waals surface area contributed by atoms with Crippen molar-refractivity contribution in [2.24, 2.45) is 0 Å². The monoisotopic (exact) mass is 345 g/mol. The smallest absolute Gasteiger partial charge is 0.323 e. The van der Waals surface area contributed by atoms with Gasteiger partial charge in [-0.15, -0.1) is 11.3 Å². The van der Waals surface area contributed by atoms with Crippen LogP contribution in [0.3, 0.4) is 0 Å². The first kappa shape index (κ1) is 16.9. The van der Waals surface area contributed by atoms with Crippen LogP contribution in [-0.2, 0) is 11.2 Å². The summed E-state index contributed by atoms with van der Waals surface area (Å²) >= 11 is 1.54. The van der Waals surface area contributed by atoms with Crippen LogP contribution in [-0.4, -0.2) is 41.7 Å². The first-order chi connectivity index (χ1) is 11.6. The zero-order valence-corrected chi connectivity index (χ0v) is 14.9. The predicted molar refractivity (Wildman–Crippen MR) is 96.7 cm³/mol. The largest absolute Gasteiger partial charge is 0.374 e. The number of carbonyl (C=O) groups excluding carboxylic acids is 1. The van der Waals surface area contributed by atoms with Crippen LogP contribution in [0.25, 0.3) is 0 Å². The lowest BCUT2D eigenvalue weighted by molar-refractivity contribution is -0.0113. The Kier molecular flexibility index (Phi) is 5.48. The number of benzene rings is 1. The molecule has 24 heavy (non-hydrogen) atoms. The third-order valence-electron chi connectivity index (χ3n) is 4.04. The van der Waals surface area contributed by atoms with Gasteiger partial charge in [-0.25, -0.2) is 9.78 Å². The van der Waals surface area contributed by atoms with E-state index in [0.717, 1.165) is 6.42 Å². The minimum atomic E-state index is -0.0963. The molecule has 1 fully saturated rings. The first-order valence-electron chi connectivity index (χ1n) is 8.29. The van der Waals surface area contributed by atoms with Crippen LogP contribution in [0, 0.1) is 0 Å². The van der Waals surface area contributed by atoms with Gasteiger partial charge in [-0.3, -0.25) is 5.32 Å². The Morgan fingerprint density at radius 3 is 2.92 bits per heavy atom. The number of hydrogen-bond acceptors (Lipinski definition) is 4. The molecule has 0 radical (unpaired) electrons. The summed E-state index contributed by atoms with van der Waals surface area (Å²) in [4.78, 5) is 19.7. The average Bonchev–Trinajstić information content (AvgIpc) is 3.05. The Morgan fingerprint density at radius 1 is 1.42 bits per heavy atom. The second-order valence-corrected chi connectivity index (χ2v) is 7.34. The molecule has 1 aliphatic rings. The molecular formula is C18H23N3O2S. The van der Waals surface area contributed by atoms with Crippen molar-refractivity contribution in [2.45, 2.75) is 32.3 Å². The second kappa shape index (κ2) is 7.77. The van der Waals surface area contributed by atoms with Crippen molar-refractivity contribution < 1.29 is 9.53 Å². The summed E-state index contributed by atoms with van der Waals surface area (Å²) in [5.41, 5.74) is 1.23. The molecule has 0 bridgehead atoms. The van der Waals surface area contributed by atoms with Crippen LogP contribution in [0.1, 0.15) is 30.2 Å². The van der Waals surface area contributed by atoms with Gasteiger partial charge in [0, 0.05) is 30.6 Å². The Hall–Kier alpha value is -1.92. The summed E-state index contributed by atoms with van der Waals surface area (Å²) in [6.07, 6.45) is 2.69. The predicted octanol–water partition coefficient (Wildman–Crippen LogP) is 3.74. The van der Waals surface area contributed by atoms with E-state index in [1.54, 1.807) is 0 Å². The molecule has 128 valence electrons. The molecule has 0 spiro atoms. The number of aromatic nitrogens is 1. The van der Waals surface area contributed by atoms with E-state index in [1.807, 2.05) is 29.3 Å². The Balaban J connectivity index is 1.56. The highest BCUT2D eigenvalue weighted by molar-refractivity contribution is 7.15. The number of nitrogens with zero attached hydrogens (tertiary/aromatic N) is 2. The maximum absolute atomic E-state index is 12.5. The first-order valence-corrected chi connectivity index (χ1v) is 9.10. The number of anilines is 1. The Bertz CT molecular complexity index is 672. The van der Waals surface area contributed by atoms with Gasteiger partial charge >= 0.3 is 6.03 Å². The molecule has 1 N–H and O–H groups in total. The maximum atomic E-state index is 12.5. The van der Waals surface area contributed by atoms with E-state index >= 15 is 0 Å². The minimum Gasteiger partial charge on any atom is -0.374 e. The highest BCUT2D eigenvalue weighted by atomic mass is 32.1. The number of nitrogens with one attached hydrogen (secondary N) is 1. The lowest BCUT2D eigenvalue weighted by Crippen LogP contribution is -2.48. The molecular weight excluding hydrogens is 322 g/mol. The third-order valence-corrected chi connectivity index (χ3v) is 5.25. The van der Waals surface area contributed by atoms with E-state index in [0.29, 0.717) is 30.7 Å². The van der Waals surface area contributed by atoms with Crippen LogP contribution >= 0.6 is 11.3 Å². The standard InChI is InChI=1S/C18H23N3O2S/c1-13(2)16-11-19-17(24-16)20-18(22)21-8-9-23-15(12-21)10-14-6-4-3-5-7-14/h3-7,11,13,15H,8-10,12H2,1-2H3,(H,19,20,22)/t15-/m1/s1. The fourth-order valence-electron chi connectivity index (χ4n) is 2.69. The van der Waals surface area contributed by atoms with Gasteiger partial charge in [-0.05, 0) is 11.5 Å². The van der Waals surface area contributed by atoms with Gasteiger partial charge in [-0.1, -0.05) is 44.2 Å². The fourth-order valence-corrected chi connectivity index (χ4v) is 3.49. The minimum absolute atomic E-state index is 0.0365. The van der Waals surface area contributed by atoms with Gasteiger partial charge < -0.3 is 9.64 Å². The van der Waals surface area contributed by atoms with Crippen molar-refractivity contribution in [2.75, 3.05) is 25.0 Å². The molecule has 0 aliphatic carbocycles. The van der Waals surface area contributed by atoms with Crippen LogP contribution in [0.5, 0.6) is 0 Å². The lowest BCUT2D eigenvalue weighted by Gasteiger charge is -2.32. The number of morpholine rings is 1. The van der Waals surface area contributed by atoms with Crippen LogP contribution < -0.4 is 5.32 Å². The quantitative estimate of drug-likeness (QED) is 0.918. The van der Waals surface area contributed by atoms with Gasteiger partial charge in [0.2, 0.25) is 0 Å². The van der Waals surface area contributed by atoms with E-state index in [1.165, 1.54) is 21.8 Å². The number of rotatable bonds is 4. The summed E-state index contributed by atoms with van der Waals surface area (Å²) in [5.74, 6) is 0.423. The van der Waals surface area contributed by atoms with Gasteiger partial charge in [0.05, 0.1) is 12.7 Å². The van der Waals surface area contributed by atoms with Gasteiger partial charge in [-0.2, -0.15) is 0 Å². The lowest BCUT2D eigenvalue weighted by atomic mass is 10.1. The van der Waals surface area contributed by atoms with Crippen LogP contribution in [0.4, 0.5) is 9.93 Å². The van der Waals surface area contributed by atoms with Crippen molar-refractivity contribution in [3.05, 3.63) is 47.0 Å². The molecule has 1 saturated heterocycles. The topological polar surface area (TPSA) is 54.5 Å².